The van der Waals surface area contributed by atoms with Gasteiger partial charge in [0.2, 0.25) is 0 Å². The van der Waals surface area contributed by atoms with Gasteiger partial charge < -0.3 is 10.6 Å². The van der Waals surface area contributed by atoms with Gasteiger partial charge in [0.05, 0.1) is 10.4 Å². The van der Waals surface area contributed by atoms with Crippen LogP contribution in [-0.4, -0.2) is 34.6 Å². The number of carbonyl (C=O) groups is 1. The lowest BCUT2D eigenvalue weighted by Crippen LogP contribution is -2.43. The minimum atomic E-state index is -4.45. The van der Waals surface area contributed by atoms with Crippen LogP contribution in [0, 0.1) is 0 Å². The first-order valence-electron chi connectivity index (χ1n) is 6.21. The minimum Gasteiger partial charge on any atom is -0.396 e. The van der Waals surface area contributed by atoms with Crippen molar-refractivity contribution in [2.75, 3.05) is 12.3 Å². The molecule has 0 aliphatic heterocycles. The fourth-order valence-electron chi connectivity index (χ4n) is 1.92. The van der Waals surface area contributed by atoms with Crippen LogP contribution in [-0.2, 0) is 0 Å². The van der Waals surface area contributed by atoms with Gasteiger partial charge in [0.25, 0.3) is 5.91 Å². The van der Waals surface area contributed by atoms with Gasteiger partial charge in [0, 0.05) is 12.2 Å². The molecule has 2 heterocycles. The Morgan fingerprint density at radius 3 is 2.67 bits per heavy atom. The number of nitrogens with two attached hydrogens (primary N) is 1. The summed E-state index contributed by atoms with van der Waals surface area (Å²) in [5.74, 6) is -0.720. The van der Waals surface area contributed by atoms with Crippen LogP contribution < -0.4 is 5.73 Å². The maximum atomic E-state index is 12.6. The summed E-state index contributed by atoms with van der Waals surface area (Å²) in [5.41, 5.74) is 6.44. The maximum absolute atomic E-state index is 12.6. The number of nitrogens with zero attached hydrogens (tertiary/aromatic N) is 2. The number of fused-ring (bicyclic) bond motifs is 1. The Labute approximate surface area is 123 Å². The monoisotopic (exact) mass is 317 g/mol. The predicted octanol–water partition coefficient (Wildman–Crippen LogP) is 3.29. The molecule has 114 valence electrons. The quantitative estimate of drug-likeness (QED) is 0.945. The number of pyridine rings is 1. The van der Waals surface area contributed by atoms with Crippen LogP contribution >= 0.6 is 11.3 Å². The lowest BCUT2D eigenvalue weighted by atomic mass is 10.2. The van der Waals surface area contributed by atoms with E-state index in [1.165, 1.54) is 20.0 Å². The molecule has 8 heteroatoms. The first-order chi connectivity index (χ1) is 9.70. The van der Waals surface area contributed by atoms with Crippen molar-refractivity contribution in [3.63, 3.8) is 0 Å². The second kappa shape index (κ2) is 5.51. The zero-order chi connectivity index (χ0) is 15.8. The fourth-order valence-corrected chi connectivity index (χ4v) is 2.96. The molecule has 0 unspecified atom stereocenters. The molecular formula is C13H14F3N3OS. The first-order valence-corrected chi connectivity index (χ1v) is 7.03. The lowest BCUT2D eigenvalue weighted by molar-refractivity contribution is -0.143. The van der Waals surface area contributed by atoms with E-state index >= 15 is 0 Å². The summed E-state index contributed by atoms with van der Waals surface area (Å²) >= 11 is 1.06. The number of anilines is 1. The van der Waals surface area contributed by atoms with Gasteiger partial charge in [0.15, 0.2) is 0 Å². The molecule has 4 nitrogen and oxygen atoms in total. The van der Waals surface area contributed by atoms with E-state index in [4.69, 9.17) is 5.73 Å². The number of hydrogen-bond donors (Lipinski definition) is 1. The topological polar surface area (TPSA) is 59.2 Å². The van der Waals surface area contributed by atoms with Gasteiger partial charge >= 0.3 is 6.18 Å². The van der Waals surface area contributed by atoms with Crippen molar-refractivity contribution < 1.29 is 18.0 Å². The molecule has 0 radical (unpaired) electrons. The molecule has 0 aromatic carbocycles. The van der Waals surface area contributed by atoms with Crippen molar-refractivity contribution in [1.29, 1.82) is 0 Å². The van der Waals surface area contributed by atoms with Gasteiger partial charge in [-0.1, -0.05) is 0 Å². The van der Waals surface area contributed by atoms with Gasteiger partial charge in [0.1, 0.15) is 16.9 Å². The molecule has 0 fully saturated rings. The second-order valence-corrected chi connectivity index (χ2v) is 5.89. The summed E-state index contributed by atoms with van der Waals surface area (Å²) < 4.78 is 38.5. The largest absolute Gasteiger partial charge is 0.406 e. The summed E-state index contributed by atoms with van der Waals surface area (Å²) in [6, 6.07) is 2.82. The molecular weight excluding hydrogens is 303 g/mol. The number of halogens is 3. The SMILES string of the molecule is CC(C)N(CC(F)(F)F)C(=O)c1sc2cccnc2c1N. The van der Waals surface area contributed by atoms with E-state index in [9.17, 15) is 18.0 Å². The number of carbonyl (C=O) groups excluding carboxylic acids is 1. The van der Waals surface area contributed by atoms with E-state index < -0.39 is 24.7 Å². The minimum absolute atomic E-state index is 0.0988. The summed E-state index contributed by atoms with van der Waals surface area (Å²) in [6.45, 7) is 1.77. The van der Waals surface area contributed by atoms with Gasteiger partial charge in [-0.15, -0.1) is 11.3 Å². The Kier molecular flexibility index (Phi) is 4.08. The molecule has 21 heavy (non-hydrogen) atoms. The molecule has 0 saturated carbocycles. The summed E-state index contributed by atoms with van der Waals surface area (Å²) in [5, 5.41) is 0. The third-order valence-corrected chi connectivity index (χ3v) is 4.06. The van der Waals surface area contributed by atoms with Crippen LogP contribution in [0.25, 0.3) is 10.2 Å². The van der Waals surface area contributed by atoms with E-state index in [0.29, 0.717) is 10.2 Å². The Bertz CT molecular complexity index is 666. The highest BCUT2D eigenvalue weighted by Gasteiger charge is 2.35. The molecule has 2 aromatic heterocycles. The third kappa shape index (κ3) is 3.26. The van der Waals surface area contributed by atoms with Gasteiger partial charge in [-0.2, -0.15) is 13.2 Å². The van der Waals surface area contributed by atoms with Gasteiger partial charge in [-0.05, 0) is 26.0 Å². The molecule has 0 bridgehead atoms. The predicted molar refractivity (Wildman–Crippen MR) is 76.3 cm³/mol. The van der Waals surface area contributed by atoms with Crippen molar-refractivity contribution in [3.8, 4) is 0 Å². The first kappa shape index (κ1) is 15.6. The molecule has 0 saturated heterocycles. The number of thiophene rings is 1. The van der Waals surface area contributed by atoms with Crippen LogP contribution in [0.3, 0.4) is 0 Å². The molecule has 0 atom stereocenters. The maximum Gasteiger partial charge on any atom is 0.406 e. The van der Waals surface area contributed by atoms with Crippen LogP contribution in [0.4, 0.5) is 18.9 Å². The Hall–Kier alpha value is -1.83. The molecule has 2 aromatic rings. The van der Waals surface area contributed by atoms with Crippen molar-refractivity contribution in [2.24, 2.45) is 0 Å². The van der Waals surface area contributed by atoms with E-state index in [1.807, 2.05) is 0 Å². The summed E-state index contributed by atoms with van der Waals surface area (Å²) in [6.07, 6.45) is -2.93. The van der Waals surface area contributed by atoms with Gasteiger partial charge in [-0.3, -0.25) is 9.78 Å². The third-order valence-electron chi connectivity index (χ3n) is 2.91. The molecule has 1 amide bonds. The Morgan fingerprint density at radius 2 is 2.14 bits per heavy atom. The van der Waals surface area contributed by atoms with Crippen LogP contribution in [0.5, 0.6) is 0 Å². The normalized spacial score (nSPS) is 12.1. The molecule has 0 aliphatic rings. The zero-order valence-electron chi connectivity index (χ0n) is 11.4. The number of hydrogen-bond acceptors (Lipinski definition) is 4. The molecule has 2 N–H and O–H groups in total. The second-order valence-electron chi connectivity index (χ2n) is 4.84. The van der Waals surface area contributed by atoms with Gasteiger partial charge in [-0.25, -0.2) is 0 Å². The highest BCUT2D eigenvalue weighted by molar-refractivity contribution is 7.21. The van der Waals surface area contributed by atoms with E-state index in [2.05, 4.69) is 4.98 Å². The fraction of sp³-hybridized carbons (Fsp3) is 0.385. The molecule has 0 spiro atoms. The average molecular weight is 317 g/mol. The standard InChI is InChI=1S/C13H14F3N3OS/c1-7(2)19(6-13(14,15)16)12(20)11-9(17)10-8(21-11)4-3-5-18-10/h3-5,7H,6,17H2,1-2H3. The number of nitrogen functional groups attached to an aromatic ring is 1. The highest BCUT2D eigenvalue weighted by atomic mass is 32.1. The van der Waals surface area contributed by atoms with E-state index in [0.717, 1.165) is 16.2 Å². The van der Waals surface area contributed by atoms with Crippen molar-refractivity contribution in [2.45, 2.75) is 26.1 Å². The van der Waals surface area contributed by atoms with E-state index in [-0.39, 0.29) is 10.6 Å². The van der Waals surface area contributed by atoms with Crippen LogP contribution in [0.2, 0.25) is 0 Å². The van der Waals surface area contributed by atoms with Crippen molar-refractivity contribution in [1.82, 2.24) is 9.88 Å². The highest BCUT2D eigenvalue weighted by Crippen LogP contribution is 2.33. The Balaban J connectivity index is 2.41. The smallest absolute Gasteiger partial charge is 0.396 e. The van der Waals surface area contributed by atoms with Crippen molar-refractivity contribution in [3.05, 3.63) is 23.2 Å². The number of aromatic nitrogens is 1. The van der Waals surface area contributed by atoms with Crippen molar-refractivity contribution >= 4 is 33.1 Å². The zero-order valence-corrected chi connectivity index (χ0v) is 12.3. The Morgan fingerprint density at radius 1 is 1.48 bits per heavy atom. The average Bonchev–Trinajstić information content (AvgIpc) is 2.72. The number of rotatable bonds is 3. The molecule has 2 rings (SSSR count). The van der Waals surface area contributed by atoms with Crippen LogP contribution in [0.1, 0.15) is 23.5 Å². The number of alkyl halides is 3. The summed E-state index contributed by atoms with van der Waals surface area (Å²) in [7, 11) is 0. The van der Waals surface area contributed by atoms with Crippen LogP contribution in [0.15, 0.2) is 18.3 Å². The van der Waals surface area contributed by atoms with E-state index in [1.54, 1.807) is 12.1 Å². The summed E-state index contributed by atoms with van der Waals surface area (Å²) in [4.78, 5) is 17.3. The molecule has 0 aliphatic carbocycles. The number of amides is 1. The lowest BCUT2D eigenvalue weighted by Gasteiger charge is -2.27.